The molecular weight excluding hydrogens is 431 g/mol. The van der Waals surface area contributed by atoms with E-state index in [1.54, 1.807) is 79.7 Å². The van der Waals surface area contributed by atoms with Crippen LogP contribution < -0.4 is 0 Å². The van der Waals surface area contributed by atoms with Gasteiger partial charge in [0.25, 0.3) is 0 Å². The van der Waals surface area contributed by atoms with Gasteiger partial charge in [-0.2, -0.15) is 0 Å². The summed E-state index contributed by atoms with van der Waals surface area (Å²) < 4.78 is 5.82. The lowest BCUT2D eigenvalue weighted by Crippen LogP contribution is -2.24. The van der Waals surface area contributed by atoms with Crippen molar-refractivity contribution in [1.29, 1.82) is 0 Å². The van der Waals surface area contributed by atoms with Gasteiger partial charge in [-0.1, -0.05) is 90.3 Å². The summed E-state index contributed by atoms with van der Waals surface area (Å²) in [5.74, 6) is -1.14. The van der Waals surface area contributed by atoms with Crippen molar-refractivity contribution in [3.8, 4) is 0 Å². The van der Waals surface area contributed by atoms with Gasteiger partial charge in [0.05, 0.1) is 16.7 Å². The van der Waals surface area contributed by atoms with Crippen molar-refractivity contribution in [3.63, 3.8) is 0 Å². The predicted molar refractivity (Wildman–Crippen MR) is 117 cm³/mol. The molecule has 3 atom stereocenters. The van der Waals surface area contributed by atoms with Crippen LogP contribution in [0.25, 0.3) is 0 Å². The molecule has 3 aromatic rings. The first-order chi connectivity index (χ1) is 13.9. The summed E-state index contributed by atoms with van der Waals surface area (Å²) in [6.45, 7) is 1.78. The van der Waals surface area contributed by atoms with Crippen molar-refractivity contribution >= 4 is 40.8 Å². The normalized spacial score (nSPS) is 14.1. The molecule has 0 radical (unpaired) electrons. The van der Waals surface area contributed by atoms with Gasteiger partial charge < -0.3 is 9.84 Å². The van der Waals surface area contributed by atoms with Gasteiger partial charge in [0.1, 0.15) is 6.10 Å². The number of esters is 1. The molecule has 0 saturated carbocycles. The standard InChI is InChI=1S/C23H19Cl3O3/c1-14(21(27)15-8-2-5-11-18(15)24)22(16-9-3-6-12-19(16)25)29-23(28)17-10-4-7-13-20(17)26/h2-14,21-22,27H,1H3/t14-,21-,22-/m0/s1. The largest absolute Gasteiger partial charge is 0.453 e. The maximum absolute atomic E-state index is 12.8. The fraction of sp³-hybridized carbons (Fsp3) is 0.174. The first-order valence-electron chi connectivity index (χ1n) is 9.02. The highest BCUT2D eigenvalue weighted by Crippen LogP contribution is 2.40. The summed E-state index contributed by atoms with van der Waals surface area (Å²) in [7, 11) is 0. The van der Waals surface area contributed by atoms with Crippen LogP contribution in [0.3, 0.4) is 0 Å². The number of halogens is 3. The Morgan fingerprint density at radius 3 is 1.83 bits per heavy atom. The van der Waals surface area contributed by atoms with Gasteiger partial charge in [0.15, 0.2) is 0 Å². The Bertz CT molecular complexity index is 1010. The second kappa shape index (κ2) is 9.64. The van der Waals surface area contributed by atoms with E-state index in [0.29, 0.717) is 21.2 Å². The lowest BCUT2D eigenvalue weighted by molar-refractivity contribution is -0.0154. The quantitative estimate of drug-likeness (QED) is 0.416. The van der Waals surface area contributed by atoms with E-state index < -0.39 is 24.1 Å². The summed E-state index contributed by atoms with van der Waals surface area (Å²) in [4.78, 5) is 12.8. The molecule has 0 aromatic heterocycles. The Labute approximate surface area is 184 Å². The smallest absolute Gasteiger partial charge is 0.340 e. The number of hydrogen-bond acceptors (Lipinski definition) is 3. The summed E-state index contributed by atoms with van der Waals surface area (Å²) >= 11 is 18.8. The summed E-state index contributed by atoms with van der Waals surface area (Å²) in [5, 5.41) is 12.1. The highest BCUT2D eigenvalue weighted by molar-refractivity contribution is 6.33. The van der Waals surface area contributed by atoms with E-state index >= 15 is 0 Å². The minimum Gasteiger partial charge on any atom is -0.453 e. The summed E-state index contributed by atoms with van der Waals surface area (Å²) in [6.07, 6.45) is -1.80. The lowest BCUT2D eigenvalue weighted by atomic mass is 9.88. The minimum absolute atomic E-state index is 0.241. The molecule has 29 heavy (non-hydrogen) atoms. The molecule has 0 spiro atoms. The molecule has 6 heteroatoms. The molecule has 0 bridgehead atoms. The molecule has 0 saturated heterocycles. The molecule has 0 aliphatic heterocycles. The van der Waals surface area contributed by atoms with Gasteiger partial charge in [-0.25, -0.2) is 4.79 Å². The maximum atomic E-state index is 12.8. The zero-order chi connectivity index (χ0) is 21.0. The number of hydrogen-bond donors (Lipinski definition) is 1. The van der Waals surface area contributed by atoms with E-state index in [1.165, 1.54) is 0 Å². The fourth-order valence-electron chi connectivity index (χ4n) is 3.13. The van der Waals surface area contributed by atoms with Gasteiger partial charge in [0, 0.05) is 21.5 Å². The number of benzene rings is 3. The molecule has 0 unspecified atom stereocenters. The van der Waals surface area contributed by atoms with Crippen molar-refractivity contribution in [1.82, 2.24) is 0 Å². The number of aliphatic hydroxyl groups excluding tert-OH is 1. The molecule has 0 fully saturated rings. The highest BCUT2D eigenvalue weighted by atomic mass is 35.5. The Balaban J connectivity index is 1.97. The van der Waals surface area contributed by atoms with Crippen molar-refractivity contribution in [2.45, 2.75) is 19.1 Å². The number of carbonyl (C=O) groups is 1. The van der Waals surface area contributed by atoms with Gasteiger partial charge in [-0.15, -0.1) is 0 Å². The van der Waals surface area contributed by atoms with Crippen molar-refractivity contribution in [3.05, 3.63) is 105 Å². The Morgan fingerprint density at radius 2 is 1.28 bits per heavy atom. The third-order valence-electron chi connectivity index (χ3n) is 4.74. The third kappa shape index (κ3) is 4.93. The van der Waals surface area contributed by atoms with Gasteiger partial charge in [-0.05, 0) is 29.8 Å². The monoisotopic (exact) mass is 448 g/mol. The molecule has 0 aliphatic carbocycles. The van der Waals surface area contributed by atoms with Crippen LogP contribution in [-0.4, -0.2) is 11.1 Å². The van der Waals surface area contributed by atoms with Crippen molar-refractivity contribution in [2.75, 3.05) is 0 Å². The van der Waals surface area contributed by atoms with Crippen LogP contribution in [0.1, 0.15) is 40.6 Å². The molecule has 0 heterocycles. The van der Waals surface area contributed by atoms with Crippen LogP contribution >= 0.6 is 34.8 Å². The first kappa shape index (κ1) is 21.7. The predicted octanol–water partition coefficient (Wildman–Crippen LogP) is 6.91. The third-order valence-corrected chi connectivity index (χ3v) is 5.76. The number of aliphatic hydroxyl groups is 1. The average molecular weight is 450 g/mol. The molecule has 0 amide bonds. The Morgan fingerprint density at radius 1 is 0.793 bits per heavy atom. The average Bonchev–Trinajstić information content (AvgIpc) is 2.72. The van der Waals surface area contributed by atoms with E-state index in [-0.39, 0.29) is 10.6 Å². The maximum Gasteiger partial charge on any atom is 0.340 e. The van der Waals surface area contributed by atoms with E-state index in [2.05, 4.69) is 0 Å². The van der Waals surface area contributed by atoms with E-state index in [9.17, 15) is 9.90 Å². The van der Waals surface area contributed by atoms with E-state index in [0.717, 1.165) is 0 Å². The fourth-order valence-corrected chi connectivity index (χ4v) is 3.83. The van der Waals surface area contributed by atoms with Gasteiger partial charge in [-0.3, -0.25) is 0 Å². The number of carbonyl (C=O) groups excluding carboxylic acids is 1. The minimum atomic E-state index is -0.982. The Hall–Kier alpha value is -2.04. The molecule has 3 rings (SSSR count). The molecule has 3 nitrogen and oxygen atoms in total. The second-order valence-electron chi connectivity index (χ2n) is 6.65. The number of ether oxygens (including phenoxy) is 1. The van der Waals surface area contributed by atoms with Crippen molar-refractivity contribution in [2.24, 2.45) is 5.92 Å². The van der Waals surface area contributed by atoms with E-state index in [1.807, 2.05) is 0 Å². The molecular formula is C23H19Cl3O3. The zero-order valence-corrected chi connectivity index (χ0v) is 17.8. The molecule has 1 N–H and O–H groups in total. The topological polar surface area (TPSA) is 46.5 Å². The van der Waals surface area contributed by atoms with Crippen molar-refractivity contribution < 1.29 is 14.6 Å². The van der Waals surface area contributed by atoms with Crippen LogP contribution in [0.4, 0.5) is 0 Å². The van der Waals surface area contributed by atoms with Crippen LogP contribution in [0.5, 0.6) is 0 Å². The van der Waals surface area contributed by atoms with Crippen LogP contribution in [0.15, 0.2) is 72.8 Å². The highest BCUT2D eigenvalue weighted by Gasteiger charge is 2.32. The van der Waals surface area contributed by atoms with Gasteiger partial charge >= 0.3 is 5.97 Å². The lowest BCUT2D eigenvalue weighted by Gasteiger charge is -2.29. The summed E-state index contributed by atoms with van der Waals surface area (Å²) in [6, 6.07) is 20.7. The second-order valence-corrected chi connectivity index (χ2v) is 7.87. The van der Waals surface area contributed by atoms with Gasteiger partial charge in [0.2, 0.25) is 0 Å². The van der Waals surface area contributed by atoms with Crippen LogP contribution in [-0.2, 0) is 4.74 Å². The molecule has 0 aliphatic rings. The number of rotatable bonds is 6. The first-order valence-corrected chi connectivity index (χ1v) is 10.2. The summed E-state index contributed by atoms with van der Waals surface area (Å²) in [5.41, 5.74) is 1.38. The molecule has 3 aromatic carbocycles. The van der Waals surface area contributed by atoms with E-state index in [4.69, 9.17) is 39.5 Å². The van der Waals surface area contributed by atoms with Crippen LogP contribution in [0.2, 0.25) is 15.1 Å². The SMILES string of the molecule is C[C@@H]([C@H](O)c1ccccc1Cl)[C@H](OC(=O)c1ccccc1Cl)c1ccccc1Cl. The Kier molecular flexibility index (Phi) is 7.20. The van der Waals surface area contributed by atoms with Crippen LogP contribution in [0, 0.1) is 5.92 Å². The molecule has 150 valence electrons. The zero-order valence-electron chi connectivity index (χ0n) is 15.6.